The molecular weight excluding hydrogens is 340 g/mol. The molecule has 0 bridgehead atoms. The Morgan fingerprint density at radius 2 is 1.56 bits per heavy atom. The number of hydrogen-bond donors (Lipinski definition) is 0. The first-order valence-corrected chi connectivity index (χ1v) is 9.41. The Balaban J connectivity index is 2.30. The monoisotopic (exact) mass is 368 g/mol. The van der Waals surface area contributed by atoms with Gasteiger partial charge in [-0.2, -0.15) is 0 Å². The Hall–Kier alpha value is -2.75. The van der Waals surface area contributed by atoms with Gasteiger partial charge in [-0.05, 0) is 68.3 Å². The quantitative estimate of drug-likeness (QED) is 0.419. The summed E-state index contributed by atoms with van der Waals surface area (Å²) in [5.74, 6) is 2.31. The number of rotatable bonds is 10. The molecule has 27 heavy (non-hydrogen) atoms. The van der Waals surface area contributed by atoms with E-state index in [1.165, 1.54) is 0 Å². The third-order valence-corrected chi connectivity index (χ3v) is 4.09. The summed E-state index contributed by atoms with van der Waals surface area (Å²) in [4.78, 5) is 12.4. The third-order valence-electron chi connectivity index (χ3n) is 4.09. The molecule has 2 aromatic rings. The van der Waals surface area contributed by atoms with Gasteiger partial charge in [0.05, 0.1) is 20.3 Å². The van der Waals surface area contributed by atoms with Crippen LogP contribution < -0.4 is 14.2 Å². The highest BCUT2D eigenvalue weighted by Crippen LogP contribution is 2.33. The van der Waals surface area contributed by atoms with Gasteiger partial charge in [0.15, 0.2) is 5.78 Å². The topological polar surface area (TPSA) is 44.8 Å². The summed E-state index contributed by atoms with van der Waals surface area (Å²) in [6.07, 6.45) is 5.26. The number of carbonyl (C=O) groups is 1. The van der Waals surface area contributed by atoms with Crippen molar-refractivity contribution in [1.29, 1.82) is 0 Å². The molecule has 0 spiro atoms. The summed E-state index contributed by atoms with van der Waals surface area (Å²) in [6.45, 7) is 7.23. The highest BCUT2D eigenvalue weighted by atomic mass is 16.5. The van der Waals surface area contributed by atoms with Crippen LogP contribution in [0.15, 0.2) is 42.5 Å². The standard InChI is InChI=1S/C23H28O4/c1-5-8-20-22(26-6-2)15-17(16-23(20)27-7-3)9-14-21(24)18-10-12-19(25-4)13-11-18/h9-16H,5-8H2,1-4H3. The number of benzene rings is 2. The molecule has 0 aromatic heterocycles. The van der Waals surface area contributed by atoms with Gasteiger partial charge >= 0.3 is 0 Å². The second kappa shape index (κ2) is 10.4. The zero-order valence-electron chi connectivity index (χ0n) is 16.6. The van der Waals surface area contributed by atoms with Crippen molar-refractivity contribution in [3.63, 3.8) is 0 Å². The van der Waals surface area contributed by atoms with E-state index < -0.39 is 0 Å². The summed E-state index contributed by atoms with van der Waals surface area (Å²) in [6, 6.07) is 11.0. The first-order chi connectivity index (χ1) is 13.1. The number of allylic oxidation sites excluding steroid dienone is 1. The van der Waals surface area contributed by atoms with Gasteiger partial charge in [-0.3, -0.25) is 4.79 Å². The fraction of sp³-hybridized carbons (Fsp3) is 0.348. The Morgan fingerprint density at radius 1 is 0.963 bits per heavy atom. The number of ketones is 1. The van der Waals surface area contributed by atoms with Crippen LogP contribution in [0.1, 0.15) is 48.7 Å². The van der Waals surface area contributed by atoms with Gasteiger partial charge in [0, 0.05) is 11.1 Å². The van der Waals surface area contributed by atoms with Gasteiger partial charge in [0.25, 0.3) is 0 Å². The first-order valence-electron chi connectivity index (χ1n) is 9.41. The minimum atomic E-state index is -0.0637. The van der Waals surface area contributed by atoms with Crippen molar-refractivity contribution in [2.24, 2.45) is 0 Å². The van der Waals surface area contributed by atoms with Crippen molar-refractivity contribution in [2.45, 2.75) is 33.6 Å². The smallest absolute Gasteiger partial charge is 0.185 e. The van der Waals surface area contributed by atoms with E-state index in [0.717, 1.165) is 41.2 Å². The molecule has 0 unspecified atom stereocenters. The molecule has 0 aliphatic heterocycles. The number of carbonyl (C=O) groups excluding carboxylic acids is 1. The Labute approximate surface area is 161 Å². The molecule has 0 aliphatic rings. The lowest BCUT2D eigenvalue weighted by Gasteiger charge is -2.16. The SMILES string of the molecule is CCCc1c(OCC)cc(C=CC(=O)c2ccc(OC)cc2)cc1OCC. The number of ether oxygens (including phenoxy) is 3. The van der Waals surface area contributed by atoms with Gasteiger partial charge < -0.3 is 14.2 Å². The number of hydrogen-bond acceptors (Lipinski definition) is 4. The molecule has 0 saturated carbocycles. The van der Waals surface area contributed by atoms with Gasteiger partial charge in [-0.25, -0.2) is 0 Å². The van der Waals surface area contributed by atoms with Crippen LogP contribution in [0.2, 0.25) is 0 Å². The van der Waals surface area contributed by atoms with E-state index in [4.69, 9.17) is 14.2 Å². The largest absolute Gasteiger partial charge is 0.497 e. The van der Waals surface area contributed by atoms with Crippen LogP contribution in [0.3, 0.4) is 0 Å². The Kier molecular flexibility index (Phi) is 7.93. The minimum absolute atomic E-state index is 0.0637. The summed E-state index contributed by atoms with van der Waals surface area (Å²) < 4.78 is 16.8. The molecule has 0 atom stereocenters. The molecular formula is C23H28O4. The summed E-state index contributed by atoms with van der Waals surface area (Å²) >= 11 is 0. The zero-order chi connectivity index (χ0) is 19.6. The maximum atomic E-state index is 12.4. The van der Waals surface area contributed by atoms with Crippen molar-refractivity contribution >= 4 is 11.9 Å². The lowest BCUT2D eigenvalue weighted by Crippen LogP contribution is -2.02. The van der Waals surface area contributed by atoms with Gasteiger partial charge in [0.2, 0.25) is 0 Å². The van der Waals surface area contributed by atoms with Crippen molar-refractivity contribution in [2.75, 3.05) is 20.3 Å². The van der Waals surface area contributed by atoms with E-state index >= 15 is 0 Å². The molecule has 0 radical (unpaired) electrons. The van der Waals surface area contributed by atoms with E-state index in [0.29, 0.717) is 18.8 Å². The van der Waals surface area contributed by atoms with Crippen molar-refractivity contribution < 1.29 is 19.0 Å². The predicted octanol–water partition coefficient (Wildman–Crippen LogP) is 5.34. The molecule has 0 heterocycles. The molecule has 2 aromatic carbocycles. The normalized spacial score (nSPS) is 10.8. The highest BCUT2D eigenvalue weighted by Gasteiger charge is 2.12. The van der Waals surface area contributed by atoms with E-state index in [-0.39, 0.29) is 5.78 Å². The van der Waals surface area contributed by atoms with Crippen molar-refractivity contribution in [1.82, 2.24) is 0 Å². The summed E-state index contributed by atoms with van der Waals surface area (Å²) in [7, 11) is 1.60. The minimum Gasteiger partial charge on any atom is -0.497 e. The summed E-state index contributed by atoms with van der Waals surface area (Å²) in [5, 5.41) is 0. The lowest BCUT2D eigenvalue weighted by molar-refractivity contribution is 0.104. The molecule has 4 nitrogen and oxygen atoms in total. The average molecular weight is 368 g/mol. The van der Waals surface area contributed by atoms with E-state index in [1.54, 1.807) is 43.5 Å². The molecule has 0 aliphatic carbocycles. The lowest BCUT2D eigenvalue weighted by atomic mass is 10.0. The molecule has 144 valence electrons. The highest BCUT2D eigenvalue weighted by molar-refractivity contribution is 6.06. The second-order valence-corrected chi connectivity index (χ2v) is 6.04. The maximum Gasteiger partial charge on any atom is 0.185 e. The number of methoxy groups -OCH3 is 1. The molecule has 0 saturated heterocycles. The third kappa shape index (κ3) is 5.61. The van der Waals surface area contributed by atoms with Crippen LogP contribution in [0.5, 0.6) is 17.2 Å². The average Bonchev–Trinajstić information content (AvgIpc) is 2.69. The molecule has 0 N–H and O–H groups in total. The van der Waals surface area contributed by atoms with Crippen LogP contribution in [0.25, 0.3) is 6.08 Å². The molecule has 0 fully saturated rings. The van der Waals surface area contributed by atoms with Crippen molar-refractivity contribution in [3.8, 4) is 17.2 Å². The second-order valence-electron chi connectivity index (χ2n) is 6.04. The Bertz CT molecular complexity index is 748. The summed E-state index contributed by atoms with van der Waals surface area (Å²) in [5.41, 5.74) is 2.58. The first kappa shape index (κ1) is 20.6. The van der Waals surface area contributed by atoms with Crippen LogP contribution in [-0.4, -0.2) is 26.1 Å². The molecule has 4 heteroatoms. The molecule has 0 amide bonds. The van der Waals surface area contributed by atoms with Crippen LogP contribution >= 0.6 is 0 Å². The van der Waals surface area contributed by atoms with E-state index in [9.17, 15) is 4.79 Å². The predicted molar refractivity (Wildman–Crippen MR) is 109 cm³/mol. The van der Waals surface area contributed by atoms with E-state index in [2.05, 4.69) is 6.92 Å². The van der Waals surface area contributed by atoms with Gasteiger partial charge in [0.1, 0.15) is 17.2 Å². The van der Waals surface area contributed by atoms with Gasteiger partial charge in [-0.1, -0.05) is 19.4 Å². The fourth-order valence-corrected chi connectivity index (χ4v) is 2.82. The fourth-order valence-electron chi connectivity index (χ4n) is 2.82. The maximum absolute atomic E-state index is 12.4. The Morgan fingerprint density at radius 3 is 2.04 bits per heavy atom. The van der Waals surface area contributed by atoms with Gasteiger partial charge in [-0.15, -0.1) is 0 Å². The zero-order valence-corrected chi connectivity index (χ0v) is 16.6. The molecule has 2 rings (SSSR count). The van der Waals surface area contributed by atoms with Crippen LogP contribution in [0.4, 0.5) is 0 Å². The van der Waals surface area contributed by atoms with Crippen LogP contribution in [0, 0.1) is 0 Å². The van der Waals surface area contributed by atoms with Crippen molar-refractivity contribution in [3.05, 3.63) is 59.2 Å². The van der Waals surface area contributed by atoms with Crippen LogP contribution in [-0.2, 0) is 6.42 Å². The van der Waals surface area contributed by atoms with E-state index in [1.807, 2.05) is 26.0 Å².